The van der Waals surface area contributed by atoms with Crippen molar-refractivity contribution in [2.75, 3.05) is 11.1 Å². The van der Waals surface area contributed by atoms with E-state index in [1.807, 2.05) is 13.8 Å². The minimum absolute atomic E-state index is 0.0518. The Bertz CT molecular complexity index is 855. The zero-order valence-corrected chi connectivity index (χ0v) is 14.3. The molecule has 1 aliphatic heterocycles. The van der Waals surface area contributed by atoms with Crippen molar-refractivity contribution in [1.82, 2.24) is 14.8 Å². The Morgan fingerprint density at radius 3 is 2.92 bits per heavy atom. The number of aromatic nitrogens is 3. The van der Waals surface area contributed by atoms with Gasteiger partial charge in [0, 0.05) is 17.8 Å². The molecule has 2 aromatic rings. The Hall–Kier alpha value is -2.35. The van der Waals surface area contributed by atoms with Crippen molar-refractivity contribution >= 4 is 29.1 Å². The van der Waals surface area contributed by atoms with E-state index in [0.717, 1.165) is 17.7 Å². The first-order valence-corrected chi connectivity index (χ1v) is 8.75. The second-order valence-electron chi connectivity index (χ2n) is 5.69. The first-order chi connectivity index (χ1) is 11.5. The van der Waals surface area contributed by atoms with E-state index in [9.17, 15) is 14.4 Å². The summed E-state index contributed by atoms with van der Waals surface area (Å²) in [5, 5.41) is 9.67. The van der Waals surface area contributed by atoms with E-state index in [1.165, 1.54) is 16.3 Å². The molecule has 0 aliphatic carbocycles. The molecule has 0 saturated heterocycles. The highest BCUT2D eigenvalue weighted by Crippen LogP contribution is 2.33. The van der Waals surface area contributed by atoms with Gasteiger partial charge in [0.25, 0.3) is 0 Å². The van der Waals surface area contributed by atoms with Crippen molar-refractivity contribution in [2.24, 2.45) is 0 Å². The number of Topliss-reactive ketones (excluding diaryl/α,β-unsaturated/α-hetero) is 1. The second-order valence-corrected chi connectivity index (χ2v) is 6.63. The third kappa shape index (κ3) is 3.01. The molecular formula is C16H18N4O3S. The second kappa shape index (κ2) is 6.64. The molecule has 1 aromatic carbocycles. The molecule has 3 rings (SSSR count). The van der Waals surface area contributed by atoms with Crippen LogP contribution in [0, 0.1) is 0 Å². The molecule has 2 N–H and O–H groups in total. The number of anilines is 1. The summed E-state index contributed by atoms with van der Waals surface area (Å²) in [5.41, 5.74) is 1.91. The van der Waals surface area contributed by atoms with Crippen LogP contribution < -0.4 is 11.0 Å². The summed E-state index contributed by atoms with van der Waals surface area (Å²) in [6, 6.07) is 5.24. The van der Waals surface area contributed by atoms with Crippen LogP contribution in [0.5, 0.6) is 0 Å². The molecule has 0 bridgehead atoms. The van der Waals surface area contributed by atoms with Gasteiger partial charge in [0.15, 0.2) is 10.9 Å². The Morgan fingerprint density at radius 2 is 2.17 bits per heavy atom. The molecule has 0 spiro atoms. The zero-order chi connectivity index (χ0) is 17.3. The highest BCUT2D eigenvalue weighted by molar-refractivity contribution is 7.99. The number of rotatable bonds is 6. The topological polar surface area (TPSA) is 96.8 Å². The van der Waals surface area contributed by atoms with Gasteiger partial charge in [-0.3, -0.25) is 14.2 Å². The molecule has 1 amide bonds. The van der Waals surface area contributed by atoms with Gasteiger partial charge in [-0.25, -0.2) is 9.89 Å². The van der Waals surface area contributed by atoms with Crippen LogP contribution >= 0.6 is 11.8 Å². The third-order valence-corrected chi connectivity index (χ3v) is 4.97. The Labute approximate surface area is 142 Å². The van der Waals surface area contributed by atoms with Crippen LogP contribution in [0.1, 0.15) is 42.1 Å². The van der Waals surface area contributed by atoms with Gasteiger partial charge in [-0.2, -0.15) is 0 Å². The van der Waals surface area contributed by atoms with Gasteiger partial charge in [-0.1, -0.05) is 18.7 Å². The maximum Gasteiger partial charge on any atom is 0.343 e. The SMILES string of the molecule is CCCn1c(SCC(=O)c2ccc3c(c2)[C@H](C)C(=O)N3)n[nH]c1=O. The number of fused-ring (bicyclic) bond motifs is 1. The number of nitrogens with zero attached hydrogens (tertiary/aromatic N) is 2. The molecule has 24 heavy (non-hydrogen) atoms. The molecule has 0 unspecified atom stereocenters. The largest absolute Gasteiger partial charge is 0.343 e. The van der Waals surface area contributed by atoms with E-state index in [0.29, 0.717) is 17.3 Å². The smallest absolute Gasteiger partial charge is 0.325 e. The average Bonchev–Trinajstić information content (AvgIpc) is 3.06. The van der Waals surface area contributed by atoms with Crippen molar-refractivity contribution in [3.63, 3.8) is 0 Å². The Kier molecular flexibility index (Phi) is 4.57. The van der Waals surface area contributed by atoms with Crippen molar-refractivity contribution < 1.29 is 9.59 Å². The summed E-state index contributed by atoms with van der Waals surface area (Å²) < 4.78 is 1.53. The van der Waals surface area contributed by atoms with Crippen molar-refractivity contribution in [1.29, 1.82) is 0 Å². The number of hydrogen-bond acceptors (Lipinski definition) is 5. The molecule has 8 heteroatoms. The average molecular weight is 346 g/mol. The maximum absolute atomic E-state index is 12.4. The van der Waals surface area contributed by atoms with Gasteiger partial charge in [-0.15, -0.1) is 5.10 Å². The monoisotopic (exact) mass is 346 g/mol. The lowest BCUT2D eigenvalue weighted by Gasteiger charge is -2.06. The van der Waals surface area contributed by atoms with E-state index < -0.39 is 0 Å². The van der Waals surface area contributed by atoms with Crippen LogP contribution in [0.25, 0.3) is 0 Å². The van der Waals surface area contributed by atoms with Crippen LogP contribution in [-0.4, -0.2) is 32.2 Å². The molecule has 0 saturated carbocycles. The lowest BCUT2D eigenvalue weighted by Crippen LogP contribution is -2.17. The lowest BCUT2D eigenvalue weighted by molar-refractivity contribution is -0.116. The highest BCUT2D eigenvalue weighted by atomic mass is 32.2. The minimum atomic E-state index is -0.261. The molecule has 1 aromatic heterocycles. The fraction of sp³-hybridized carbons (Fsp3) is 0.375. The number of nitrogens with one attached hydrogen (secondary N) is 2. The quantitative estimate of drug-likeness (QED) is 0.616. The standard InChI is InChI=1S/C16H18N4O3S/c1-3-6-20-15(23)18-19-16(20)24-8-13(21)10-4-5-12-11(7-10)9(2)14(22)17-12/h4-5,7,9H,3,6,8H2,1-2H3,(H,17,22)(H,18,23)/t9-/m0/s1. The van der Waals surface area contributed by atoms with Gasteiger partial charge in [0.05, 0.1) is 11.7 Å². The van der Waals surface area contributed by atoms with E-state index in [4.69, 9.17) is 0 Å². The van der Waals surface area contributed by atoms with Crippen molar-refractivity contribution in [2.45, 2.75) is 37.9 Å². The molecule has 2 heterocycles. The summed E-state index contributed by atoms with van der Waals surface area (Å²) in [7, 11) is 0. The number of carbonyl (C=O) groups excluding carboxylic acids is 2. The van der Waals surface area contributed by atoms with Crippen molar-refractivity contribution in [3.05, 3.63) is 39.8 Å². The van der Waals surface area contributed by atoms with Gasteiger partial charge in [0.1, 0.15) is 0 Å². The first kappa shape index (κ1) is 16.5. The highest BCUT2D eigenvalue weighted by Gasteiger charge is 2.27. The number of benzene rings is 1. The number of aromatic amines is 1. The van der Waals surface area contributed by atoms with Gasteiger partial charge in [0.2, 0.25) is 5.91 Å². The molecule has 1 aliphatic rings. The Balaban J connectivity index is 1.73. The molecule has 7 nitrogen and oxygen atoms in total. The normalized spacial score (nSPS) is 16.1. The minimum Gasteiger partial charge on any atom is -0.325 e. The van der Waals surface area contributed by atoms with E-state index in [1.54, 1.807) is 18.2 Å². The predicted molar refractivity (Wildman–Crippen MR) is 91.7 cm³/mol. The van der Waals surface area contributed by atoms with Crippen LogP contribution in [0.2, 0.25) is 0 Å². The molecule has 1 atom stereocenters. The summed E-state index contributed by atoms with van der Waals surface area (Å²) in [4.78, 5) is 35.8. The fourth-order valence-corrected chi connectivity index (χ4v) is 3.51. The van der Waals surface area contributed by atoms with Crippen LogP contribution in [-0.2, 0) is 11.3 Å². The van der Waals surface area contributed by atoms with Crippen LogP contribution in [0.4, 0.5) is 5.69 Å². The summed E-state index contributed by atoms with van der Waals surface area (Å²) in [5.74, 6) is -0.180. The van der Waals surface area contributed by atoms with Crippen LogP contribution in [0.3, 0.4) is 0 Å². The number of carbonyl (C=O) groups is 2. The van der Waals surface area contributed by atoms with Crippen molar-refractivity contribution in [3.8, 4) is 0 Å². The predicted octanol–water partition coefficient (Wildman–Crippen LogP) is 2.01. The third-order valence-electron chi connectivity index (χ3n) is 3.99. The van der Waals surface area contributed by atoms with Crippen LogP contribution in [0.15, 0.2) is 28.2 Å². The van der Waals surface area contributed by atoms with E-state index in [2.05, 4.69) is 15.5 Å². The summed E-state index contributed by atoms with van der Waals surface area (Å²) >= 11 is 1.23. The molecule has 0 fully saturated rings. The number of thioether (sulfide) groups is 1. The van der Waals surface area contributed by atoms with E-state index >= 15 is 0 Å². The number of ketones is 1. The Morgan fingerprint density at radius 1 is 1.38 bits per heavy atom. The van der Waals surface area contributed by atoms with E-state index in [-0.39, 0.29) is 29.1 Å². The first-order valence-electron chi connectivity index (χ1n) is 7.77. The fourth-order valence-electron chi connectivity index (χ4n) is 2.64. The van der Waals surface area contributed by atoms with Gasteiger partial charge < -0.3 is 5.32 Å². The lowest BCUT2D eigenvalue weighted by atomic mass is 9.99. The maximum atomic E-state index is 12.4. The number of hydrogen-bond donors (Lipinski definition) is 2. The summed E-state index contributed by atoms with van der Waals surface area (Å²) in [6.07, 6.45) is 0.810. The number of amides is 1. The number of H-pyrrole nitrogens is 1. The molecular weight excluding hydrogens is 328 g/mol. The van der Waals surface area contributed by atoms with Gasteiger partial charge >= 0.3 is 5.69 Å². The summed E-state index contributed by atoms with van der Waals surface area (Å²) in [6.45, 7) is 4.35. The molecule has 126 valence electrons. The van der Waals surface area contributed by atoms with Gasteiger partial charge in [-0.05, 0) is 37.1 Å². The zero-order valence-electron chi connectivity index (χ0n) is 13.5. The molecule has 0 radical (unpaired) electrons.